The van der Waals surface area contributed by atoms with Gasteiger partial charge in [-0.3, -0.25) is 4.79 Å². The fourth-order valence-electron chi connectivity index (χ4n) is 0. The third kappa shape index (κ3) is 282. The summed E-state index contributed by atoms with van der Waals surface area (Å²) >= 11 is 5.50. The van der Waals surface area contributed by atoms with Crippen LogP contribution in [0.2, 0.25) is 0 Å². The molecular formula is C2H4Br2O2. The molecule has 0 fully saturated rings. The van der Waals surface area contributed by atoms with Crippen molar-refractivity contribution in [3.8, 4) is 0 Å². The molecule has 0 unspecified atom stereocenters. The Hall–Kier alpha value is 0.430. The maximum absolute atomic E-state index is 9.00. The molecule has 1 N–H and O–H groups in total. The quantitative estimate of drug-likeness (QED) is 0.675. The minimum Gasteiger partial charge on any atom is -0.481 e. The average Bonchev–Trinajstić information content (AvgIpc) is 1.41. The molecule has 4 heteroatoms. The van der Waals surface area contributed by atoms with Gasteiger partial charge in [-0.1, -0.05) is 0 Å². The molecule has 0 heterocycles. The molecule has 38 valence electrons. The van der Waals surface area contributed by atoms with Crippen molar-refractivity contribution in [1.82, 2.24) is 0 Å². The SMILES string of the molecule is BrBr.CC(=O)O. The average molecular weight is 220 g/mol. The molecule has 0 rings (SSSR count). The molecule has 0 bridgehead atoms. The standard InChI is InChI=1S/C2H4O2.Br2/c1-2(3)4;1-2/h1H3,(H,3,4);. The topological polar surface area (TPSA) is 37.3 Å². The molecule has 0 spiro atoms. The van der Waals surface area contributed by atoms with Crippen molar-refractivity contribution >= 4 is 34.2 Å². The van der Waals surface area contributed by atoms with E-state index in [1.807, 2.05) is 0 Å². The molecule has 0 saturated carbocycles. The van der Waals surface area contributed by atoms with Gasteiger partial charge < -0.3 is 5.11 Å². The van der Waals surface area contributed by atoms with Crippen LogP contribution < -0.4 is 0 Å². The molecule has 0 saturated heterocycles. The summed E-state index contributed by atoms with van der Waals surface area (Å²) in [6.07, 6.45) is 0. The van der Waals surface area contributed by atoms with Gasteiger partial charge in [0.1, 0.15) is 0 Å². The smallest absolute Gasteiger partial charge is 0.300 e. The van der Waals surface area contributed by atoms with E-state index in [0.29, 0.717) is 0 Å². The van der Waals surface area contributed by atoms with E-state index < -0.39 is 5.97 Å². The van der Waals surface area contributed by atoms with Crippen molar-refractivity contribution in [2.75, 3.05) is 0 Å². The highest BCUT2D eigenvalue weighted by Crippen LogP contribution is 1.85. The van der Waals surface area contributed by atoms with Gasteiger partial charge in [0.2, 0.25) is 0 Å². The van der Waals surface area contributed by atoms with Crippen molar-refractivity contribution in [3.05, 3.63) is 0 Å². The Morgan fingerprint density at radius 3 is 1.67 bits per heavy atom. The summed E-state index contributed by atoms with van der Waals surface area (Å²) in [5.41, 5.74) is 0. The Kier molecular flexibility index (Phi) is 14.6. The molecule has 0 radical (unpaired) electrons. The Balaban J connectivity index is 0. The highest BCUT2D eigenvalue weighted by molar-refractivity contribution is 9.93. The van der Waals surface area contributed by atoms with Gasteiger partial charge in [0.05, 0.1) is 0 Å². The zero-order chi connectivity index (χ0) is 5.58. The largest absolute Gasteiger partial charge is 0.481 e. The van der Waals surface area contributed by atoms with Crippen molar-refractivity contribution in [2.45, 2.75) is 6.92 Å². The fraction of sp³-hybridized carbons (Fsp3) is 0.500. The lowest BCUT2D eigenvalue weighted by Crippen LogP contribution is -1.78. The third-order valence-electron chi connectivity index (χ3n) is 0. The van der Waals surface area contributed by atoms with Crippen LogP contribution in [0.4, 0.5) is 0 Å². The molecule has 0 aromatic carbocycles. The van der Waals surface area contributed by atoms with E-state index in [2.05, 4.69) is 28.3 Å². The molecule has 0 aromatic rings. The molecule has 2 nitrogen and oxygen atoms in total. The zero-order valence-corrected chi connectivity index (χ0v) is 6.28. The van der Waals surface area contributed by atoms with Gasteiger partial charge in [-0.2, -0.15) is 0 Å². The van der Waals surface area contributed by atoms with Gasteiger partial charge in [-0.15, -0.1) is 0 Å². The molecular weight excluding hydrogens is 216 g/mol. The fourth-order valence-corrected chi connectivity index (χ4v) is 0. The lowest BCUT2D eigenvalue weighted by atomic mass is 10.9. The number of hydrogen-bond acceptors (Lipinski definition) is 1. The predicted molar refractivity (Wildman–Crippen MR) is 31.2 cm³/mol. The van der Waals surface area contributed by atoms with Crippen LogP contribution >= 0.6 is 28.3 Å². The number of carboxylic acid groups (broad SMARTS) is 1. The summed E-state index contributed by atoms with van der Waals surface area (Å²) < 4.78 is 0. The highest BCUT2D eigenvalue weighted by Gasteiger charge is 1.65. The van der Waals surface area contributed by atoms with Gasteiger partial charge in [0, 0.05) is 35.2 Å². The lowest BCUT2D eigenvalue weighted by molar-refractivity contribution is -0.134. The Bertz CT molecular complexity index is 32.5. The van der Waals surface area contributed by atoms with E-state index in [-0.39, 0.29) is 0 Å². The van der Waals surface area contributed by atoms with E-state index >= 15 is 0 Å². The number of rotatable bonds is 0. The first kappa shape index (κ1) is 9.66. The normalized spacial score (nSPS) is 5.17. The second-order valence-corrected chi connectivity index (χ2v) is 0.519. The zero-order valence-electron chi connectivity index (χ0n) is 3.11. The van der Waals surface area contributed by atoms with E-state index in [9.17, 15) is 0 Å². The van der Waals surface area contributed by atoms with Gasteiger partial charge in [-0.25, -0.2) is 0 Å². The summed E-state index contributed by atoms with van der Waals surface area (Å²) in [4.78, 5) is 9.00. The van der Waals surface area contributed by atoms with Crippen LogP contribution in [-0.2, 0) is 4.79 Å². The summed E-state index contributed by atoms with van der Waals surface area (Å²) in [6.45, 7) is 1.08. The number of carbonyl (C=O) groups is 1. The molecule has 0 aromatic heterocycles. The van der Waals surface area contributed by atoms with Crippen LogP contribution in [0.1, 0.15) is 6.92 Å². The van der Waals surface area contributed by atoms with Crippen molar-refractivity contribution in [2.24, 2.45) is 0 Å². The van der Waals surface area contributed by atoms with Crippen LogP contribution in [0.3, 0.4) is 0 Å². The Labute approximate surface area is 51.4 Å². The highest BCUT2D eigenvalue weighted by atomic mass is 80.9. The molecule has 6 heavy (non-hydrogen) atoms. The predicted octanol–water partition coefficient (Wildman–Crippen LogP) is 1.78. The van der Waals surface area contributed by atoms with Crippen molar-refractivity contribution < 1.29 is 9.90 Å². The minimum absolute atomic E-state index is 0.833. The summed E-state index contributed by atoms with van der Waals surface area (Å²) in [5.74, 6) is -0.833. The number of aliphatic carboxylic acids is 1. The van der Waals surface area contributed by atoms with Gasteiger partial charge in [0.15, 0.2) is 0 Å². The number of halogens is 2. The van der Waals surface area contributed by atoms with E-state index in [4.69, 9.17) is 9.90 Å². The summed E-state index contributed by atoms with van der Waals surface area (Å²) in [5, 5.41) is 7.42. The first-order valence-corrected chi connectivity index (χ1v) is 4.78. The first-order chi connectivity index (χ1) is 2.73. The van der Waals surface area contributed by atoms with Gasteiger partial charge in [-0.05, 0) is 0 Å². The number of carboxylic acids is 1. The van der Waals surface area contributed by atoms with Crippen LogP contribution in [-0.4, -0.2) is 11.1 Å². The third-order valence-corrected chi connectivity index (χ3v) is 0. The van der Waals surface area contributed by atoms with Crippen LogP contribution in [0.25, 0.3) is 0 Å². The first-order valence-electron chi connectivity index (χ1n) is 1.07. The van der Waals surface area contributed by atoms with Gasteiger partial charge >= 0.3 is 0 Å². The van der Waals surface area contributed by atoms with E-state index in [0.717, 1.165) is 6.92 Å². The minimum atomic E-state index is -0.833. The van der Waals surface area contributed by atoms with Crippen LogP contribution in [0.5, 0.6) is 0 Å². The molecule has 0 aliphatic heterocycles. The van der Waals surface area contributed by atoms with Crippen molar-refractivity contribution in [1.29, 1.82) is 0 Å². The maximum Gasteiger partial charge on any atom is 0.300 e. The summed E-state index contributed by atoms with van der Waals surface area (Å²) in [7, 11) is 0. The van der Waals surface area contributed by atoms with Crippen LogP contribution in [0, 0.1) is 0 Å². The lowest BCUT2D eigenvalue weighted by Gasteiger charge is -1.59. The van der Waals surface area contributed by atoms with Crippen molar-refractivity contribution in [3.63, 3.8) is 0 Å². The molecule has 0 aliphatic rings. The summed E-state index contributed by atoms with van der Waals surface area (Å²) in [6, 6.07) is 0. The van der Waals surface area contributed by atoms with E-state index in [1.54, 1.807) is 0 Å². The molecule has 0 atom stereocenters. The Morgan fingerprint density at radius 2 is 1.67 bits per heavy atom. The molecule has 0 aliphatic carbocycles. The van der Waals surface area contributed by atoms with Crippen LogP contribution in [0.15, 0.2) is 0 Å². The maximum atomic E-state index is 9.00. The second-order valence-electron chi connectivity index (χ2n) is 0.519. The second kappa shape index (κ2) is 9.06. The number of hydrogen-bond donors (Lipinski definition) is 1. The monoisotopic (exact) mass is 218 g/mol. The Morgan fingerprint density at radius 1 is 1.67 bits per heavy atom. The van der Waals surface area contributed by atoms with E-state index in [1.165, 1.54) is 0 Å². The molecule has 0 amide bonds. The van der Waals surface area contributed by atoms with Gasteiger partial charge in [0.25, 0.3) is 5.97 Å².